The van der Waals surface area contributed by atoms with E-state index in [9.17, 15) is 4.79 Å². The smallest absolute Gasteiger partial charge is 0.151 e. The summed E-state index contributed by atoms with van der Waals surface area (Å²) < 4.78 is 6.17. The maximum atomic E-state index is 10.8. The van der Waals surface area contributed by atoms with Crippen LogP contribution in [0.3, 0.4) is 0 Å². The lowest BCUT2D eigenvalue weighted by atomic mass is 10.2. The van der Waals surface area contributed by atoms with Crippen molar-refractivity contribution in [2.75, 3.05) is 11.4 Å². The minimum Gasteiger partial charge on any atom is -0.467 e. The van der Waals surface area contributed by atoms with E-state index in [0.717, 1.165) is 35.3 Å². The molecule has 0 saturated heterocycles. The lowest BCUT2D eigenvalue weighted by Gasteiger charge is -2.22. The average Bonchev–Trinajstić information content (AvgIpc) is 2.88. The van der Waals surface area contributed by atoms with Gasteiger partial charge in [-0.05, 0) is 53.2 Å². The van der Waals surface area contributed by atoms with Crippen molar-refractivity contribution in [3.8, 4) is 0 Å². The van der Waals surface area contributed by atoms with Crippen molar-refractivity contribution >= 4 is 27.9 Å². The second-order valence-electron chi connectivity index (χ2n) is 3.92. The molecule has 1 heterocycles. The molecule has 1 aromatic carbocycles. The summed E-state index contributed by atoms with van der Waals surface area (Å²) in [5.74, 6) is 0.924. The number of halogens is 1. The first kappa shape index (κ1) is 12.9. The second-order valence-corrected chi connectivity index (χ2v) is 4.77. The largest absolute Gasteiger partial charge is 0.467 e. The van der Waals surface area contributed by atoms with Gasteiger partial charge in [0.25, 0.3) is 0 Å². The number of carbonyl (C=O) groups is 1. The molecule has 2 aromatic rings. The topological polar surface area (TPSA) is 33.5 Å². The molecule has 0 bridgehead atoms. The molecule has 3 nitrogen and oxygen atoms in total. The van der Waals surface area contributed by atoms with Crippen LogP contribution in [-0.2, 0) is 6.54 Å². The molecule has 1 aromatic heterocycles. The summed E-state index contributed by atoms with van der Waals surface area (Å²) in [6.07, 6.45) is 2.52. The highest BCUT2D eigenvalue weighted by molar-refractivity contribution is 9.10. The van der Waals surface area contributed by atoms with Crippen molar-refractivity contribution in [3.05, 3.63) is 52.4 Å². The number of carbonyl (C=O) groups excluding carboxylic acids is 1. The Balaban J connectivity index is 2.22. The molecule has 2 rings (SSSR count). The highest BCUT2D eigenvalue weighted by Gasteiger charge is 2.09. The Morgan fingerprint density at radius 2 is 2.22 bits per heavy atom. The molecule has 0 unspecified atom stereocenters. The van der Waals surface area contributed by atoms with Gasteiger partial charge in [0.05, 0.1) is 12.8 Å². The Morgan fingerprint density at radius 1 is 1.39 bits per heavy atom. The molecule has 0 N–H and O–H groups in total. The van der Waals surface area contributed by atoms with E-state index in [2.05, 4.69) is 27.8 Å². The molecule has 0 amide bonds. The summed E-state index contributed by atoms with van der Waals surface area (Å²) in [6, 6.07) is 9.56. The number of hydrogen-bond donors (Lipinski definition) is 0. The van der Waals surface area contributed by atoms with Crippen LogP contribution >= 0.6 is 15.9 Å². The first-order chi connectivity index (χ1) is 8.74. The minimum atomic E-state index is 0.660. The number of hydrogen-bond acceptors (Lipinski definition) is 3. The summed E-state index contributed by atoms with van der Waals surface area (Å²) in [7, 11) is 0. The molecule has 0 saturated carbocycles. The van der Waals surface area contributed by atoms with Gasteiger partial charge in [-0.15, -0.1) is 0 Å². The summed E-state index contributed by atoms with van der Waals surface area (Å²) in [5, 5.41) is 0. The second kappa shape index (κ2) is 5.87. The lowest BCUT2D eigenvalue weighted by Crippen LogP contribution is -2.21. The van der Waals surface area contributed by atoms with E-state index in [1.807, 2.05) is 30.3 Å². The third-order valence-corrected chi connectivity index (χ3v) is 3.47. The van der Waals surface area contributed by atoms with E-state index in [1.54, 1.807) is 6.26 Å². The van der Waals surface area contributed by atoms with E-state index in [-0.39, 0.29) is 0 Å². The Morgan fingerprint density at radius 3 is 2.78 bits per heavy atom. The van der Waals surface area contributed by atoms with Crippen molar-refractivity contribution in [2.24, 2.45) is 0 Å². The van der Waals surface area contributed by atoms with Crippen molar-refractivity contribution in [1.82, 2.24) is 0 Å². The van der Waals surface area contributed by atoms with Crippen LogP contribution in [-0.4, -0.2) is 12.8 Å². The third kappa shape index (κ3) is 2.82. The standard InChI is InChI=1S/C14H14BrNO2/c1-2-16(9-13-4-3-7-18-13)12-6-5-11(10-17)14(15)8-12/h3-8,10H,2,9H2,1H3. The normalized spacial score (nSPS) is 10.3. The molecule has 4 heteroatoms. The zero-order valence-electron chi connectivity index (χ0n) is 10.1. The van der Waals surface area contributed by atoms with Gasteiger partial charge in [-0.2, -0.15) is 0 Å². The molecule has 0 aliphatic heterocycles. The fourth-order valence-electron chi connectivity index (χ4n) is 1.78. The van der Waals surface area contributed by atoms with Crippen LogP contribution in [0.5, 0.6) is 0 Å². The Hall–Kier alpha value is -1.55. The first-order valence-electron chi connectivity index (χ1n) is 5.76. The van der Waals surface area contributed by atoms with Gasteiger partial charge < -0.3 is 9.32 Å². The Kier molecular flexibility index (Phi) is 4.20. The fourth-order valence-corrected chi connectivity index (χ4v) is 2.24. The van der Waals surface area contributed by atoms with E-state index < -0.39 is 0 Å². The van der Waals surface area contributed by atoms with Gasteiger partial charge in [0, 0.05) is 22.3 Å². The number of aldehydes is 1. The monoisotopic (exact) mass is 307 g/mol. The molecule has 0 aliphatic rings. The van der Waals surface area contributed by atoms with Gasteiger partial charge in [-0.25, -0.2) is 0 Å². The van der Waals surface area contributed by atoms with E-state index >= 15 is 0 Å². The summed E-state index contributed by atoms with van der Waals surface area (Å²) in [6.45, 7) is 3.68. The van der Waals surface area contributed by atoms with Crippen LogP contribution in [0.15, 0.2) is 45.5 Å². The summed E-state index contributed by atoms with van der Waals surface area (Å²) >= 11 is 3.40. The summed E-state index contributed by atoms with van der Waals surface area (Å²) in [4.78, 5) is 13.0. The highest BCUT2D eigenvalue weighted by atomic mass is 79.9. The van der Waals surface area contributed by atoms with Gasteiger partial charge in [-0.3, -0.25) is 4.79 Å². The van der Waals surface area contributed by atoms with E-state index in [0.29, 0.717) is 5.56 Å². The number of benzene rings is 1. The first-order valence-corrected chi connectivity index (χ1v) is 6.56. The Labute approximate surface area is 115 Å². The molecule has 0 radical (unpaired) electrons. The van der Waals surface area contributed by atoms with Crippen LogP contribution in [0.4, 0.5) is 5.69 Å². The minimum absolute atomic E-state index is 0.660. The predicted octanol–water partition coefficient (Wildman–Crippen LogP) is 3.88. The summed E-state index contributed by atoms with van der Waals surface area (Å²) in [5.41, 5.74) is 1.72. The highest BCUT2D eigenvalue weighted by Crippen LogP contribution is 2.24. The SMILES string of the molecule is CCN(Cc1ccco1)c1ccc(C=O)c(Br)c1. The van der Waals surface area contributed by atoms with E-state index in [1.165, 1.54) is 0 Å². The van der Waals surface area contributed by atoms with Gasteiger partial charge >= 0.3 is 0 Å². The van der Waals surface area contributed by atoms with Crippen LogP contribution in [0.25, 0.3) is 0 Å². The zero-order valence-corrected chi connectivity index (χ0v) is 11.7. The predicted molar refractivity (Wildman–Crippen MR) is 75.0 cm³/mol. The van der Waals surface area contributed by atoms with Crippen LogP contribution < -0.4 is 4.90 Å². The van der Waals surface area contributed by atoms with Gasteiger partial charge in [0.1, 0.15) is 5.76 Å². The maximum absolute atomic E-state index is 10.8. The van der Waals surface area contributed by atoms with Crippen molar-refractivity contribution in [1.29, 1.82) is 0 Å². The van der Waals surface area contributed by atoms with Crippen LogP contribution in [0.2, 0.25) is 0 Å². The molecule has 0 aliphatic carbocycles. The molecule has 0 spiro atoms. The zero-order chi connectivity index (χ0) is 13.0. The molecule has 0 atom stereocenters. The van der Waals surface area contributed by atoms with Crippen molar-refractivity contribution in [2.45, 2.75) is 13.5 Å². The Bertz CT molecular complexity index is 523. The fraction of sp³-hybridized carbons (Fsp3) is 0.214. The van der Waals surface area contributed by atoms with Gasteiger partial charge in [-0.1, -0.05) is 0 Å². The number of anilines is 1. The average molecular weight is 308 g/mol. The quantitative estimate of drug-likeness (QED) is 0.786. The molecular formula is C14H14BrNO2. The molecular weight excluding hydrogens is 294 g/mol. The maximum Gasteiger partial charge on any atom is 0.151 e. The molecule has 18 heavy (non-hydrogen) atoms. The lowest BCUT2D eigenvalue weighted by molar-refractivity contribution is 0.112. The van der Waals surface area contributed by atoms with E-state index in [4.69, 9.17) is 4.42 Å². The number of furan rings is 1. The van der Waals surface area contributed by atoms with Crippen molar-refractivity contribution in [3.63, 3.8) is 0 Å². The third-order valence-electron chi connectivity index (χ3n) is 2.78. The number of nitrogens with zero attached hydrogens (tertiary/aromatic N) is 1. The van der Waals surface area contributed by atoms with Crippen LogP contribution in [0.1, 0.15) is 23.0 Å². The van der Waals surface area contributed by atoms with Gasteiger partial charge in [0.15, 0.2) is 6.29 Å². The molecule has 94 valence electrons. The number of rotatable bonds is 5. The molecule has 0 fully saturated rings. The van der Waals surface area contributed by atoms with Crippen molar-refractivity contribution < 1.29 is 9.21 Å². The van der Waals surface area contributed by atoms with Gasteiger partial charge in [0.2, 0.25) is 0 Å². The van der Waals surface area contributed by atoms with Crippen LogP contribution in [0, 0.1) is 0 Å².